The number of aryl methyl sites for hydroxylation is 3. The highest BCUT2D eigenvalue weighted by Crippen LogP contribution is 2.60. The number of benzene rings is 2. The number of unbranched alkanes of at least 4 members (excludes halogenated alkanes) is 1. The Bertz CT molecular complexity index is 4890. The van der Waals surface area contributed by atoms with Crippen LogP contribution in [-0.2, 0) is 98.6 Å². The molecule has 9 rings (SSSR count). The van der Waals surface area contributed by atoms with E-state index < -0.39 is 292 Å². The van der Waals surface area contributed by atoms with Gasteiger partial charge in [-0.05, 0) is 178 Å². The predicted molar refractivity (Wildman–Crippen MR) is 489 cm³/mol. The molecule has 45 heteroatoms. The molecule has 2 saturated carbocycles. The van der Waals surface area contributed by atoms with Crippen molar-refractivity contribution in [3.63, 3.8) is 0 Å². The fourth-order valence-corrected chi connectivity index (χ4v) is 20.0. The highest BCUT2D eigenvalue weighted by Gasteiger charge is 2.59. The molecule has 30 N–H and O–H groups in total. The number of hydrogen-bond acceptors (Lipinski definition) is 39. The van der Waals surface area contributed by atoms with Gasteiger partial charge in [0.05, 0.1) is 28.7 Å². The van der Waals surface area contributed by atoms with Gasteiger partial charge in [0.1, 0.15) is 72.5 Å². The van der Waals surface area contributed by atoms with Crippen molar-refractivity contribution >= 4 is 41.1 Å². The lowest BCUT2D eigenvalue weighted by Crippen LogP contribution is -2.60. The van der Waals surface area contributed by atoms with Crippen molar-refractivity contribution in [1.82, 2.24) is 36.3 Å². The number of nitrogens with one attached hydrogen (secondary N) is 5. The van der Waals surface area contributed by atoms with Crippen molar-refractivity contribution in [3.05, 3.63) is 139 Å². The molecule has 13 unspecified atom stereocenters. The van der Waals surface area contributed by atoms with Crippen LogP contribution in [0.4, 0.5) is 5.69 Å². The standard InChI is InChI=1S/C94H141N9O36/c1-47(2)68(82(124)97-48(3)80(122)98-51-22-18-49-20-24-65-91(4,54(49)43-51)32-13-34-93(65,6)89(131)100-90(132)94(7)35-14-33-92(5)55-44-52(109)23-19-50(55)21-25-66(92)94)99-81(123)56(95)15-11-12-36-96-67(111)46-133-59-17-10-8-9-16-57-69(59)101-102-103(57)37-26-60-70(112)76(118)86(128)137-62(29-40-106)72(114)75(117)84(126)134-53(27-38-104)45-58(110)83(125)135-61(28-39-105)71(113)77(119)87(129)138-64(31-42-108)74(116)79(121)88(130)139-63(30-41-107)73(115)78(120)85(127)136-60/h18-19,22-23,43-45,47-48,53,56,59-66,68,83-88,104-110,112-121,125-130H,8-17,20-21,24-42,46,95H2,1-7H3,(H,96,111)(H,97,124)(H,98,122)(H,99,123)(H,100,131,132)/b58-45+,75-72+,76-70+,77-71-,78-73-,79-74+/t48-,53?,56+,59?,60?,61?,62?,63?,64?,65+,66+,68-,83?,84?,85?,86?,87?,88?,91+,92+,93-,94-/m0/s1. The molecule has 6 amide bonds. The van der Waals surface area contributed by atoms with Crippen LogP contribution in [0.5, 0.6) is 5.75 Å². The van der Waals surface area contributed by atoms with Gasteiger partial charge < -0.3 is 178 Å². The van der Waals surface area contributed by atoms with E-state index in [0.29, 0.717) is 81.7 Å². The van der Waals surface area contributed by atoms with E-state index >= 15 is 0 Å². The van der Waals surface area contributed by atoms with Crippen LogP contribution < -0.4 is 32.3 Å². The number of phenols is 1. The van der Waals surface area contributed by atoms with Gasteiger partial charge in [0.15, 0.2) is 57.6 Å². The number of nitrogens with two attached hydrogens (primary N) is 1. The number of ether oxygens (including phenoxy) is 7. The van der Waals surface area contributed by atoms with Crippen LogP contribution in [0.25, 0.3) is 0 Å². The van der Waals surface area contributed by atoms with Gasteiger partial charge in [0.25, 0.3) is 0 Å². The van der Waals surface area contributed by atoms with Crippen molar-refractivity contribution < 1.29 is 179 Å². The highest BCUT2D eigenvalue weighted by molar-refractivity contribution is 6.01. The summed E-state index contributed by atoms with van der Waals surface area (Å²) in [5, 5.41) is 272. The first-order valence-electron chi connectivity index (χ1n) is 47.1. The number of fused-ring (bicyclic) bond motifs is 7. The number of nitrogens with zero attached hydrogens (tertiary/aromatic N) is 3. The number of carbonyl (C=O) groups excluding carboxylic acids is 6. The Morgan fingerprint density at radius 1 is 0.496 bits per heavy atom. The third-order valence-electron chi connectivity index (χ3n) is 27.8. The zero-order chi connectivity index (χ0) is 102. The number of amides is 6. The van der Waals surface area contributed by atoms with E-state index in [2.05, 4.69) is 50.7 Å². The lowest BCUT2D eigenvalue weighted by Gasteiger charge is -2.56. The lowest BCUT2D eigenvalue weighted by molar-refractivity contribution is -0.160. The summed E-state index contributed by atoms with van der Waals surface area (Å²) < 4.78 is 39.1. The van der Waals surface area contributed by atoms with Crippen LogP contribution >= 0.6 is 0 Å². The van der Waals surface area contributed by atoms with Gasteiger partial charge in [0, 0.05) is 90.3 Å². The Hall–Kier alpha value is -10.1. The predicted octanol–water partition coefficient (Wildman–Crippen LogP) is 4.04. The number of aromatic nitrogens is 3. The number of aromatic hydroxyl groups is 1. The number of hydrogen-bond donors (Lipinski definition) is 29. The van der Waals surface area contributed by atoms with Crippen LogP contribution in [-0.4, -0.2) is 307 Å². The fourth-order valence-electron chi connectivity index (χ4n) is 20.0. The molecule has 1 aliphatic heterocycles. The second kappa shape index (κ2) is 50.5. The quantitative estimate of drug-likeness (QED) is 0.0331. The SMILES string of the molecule is CC(C)[C@H](NC(=O)[C@H](N)CCCCNC(=O)COC1CCCCCc2c1nnn2CCC1OC(O)/C(O)=C(/O)C(CCO)OC(O)/C(O)=C(\O)C(CCO)OC(O)/C(O)=C(/O)C(CCO)OC(O)/C(O)=C\C(CCO)OC(O)/C(O)=C(\O)C(CCO)OC(O)/C(O)=C/1O)C(=O)N[C@@H](C)C(=O)Nc1ccc2c(c1)[C@@]1(C)CCC[C@](C)(C(=O)NC(=O)[C@@]3(C)CCC[C@]4(C)c5cc(O)ccc5CC[C@@H]34)[C@@H]1CC2. The minimum absolute atomic E-state index is 0.0431. The fraction of sp³-hybridized carbons (Fsp3) is 0.660. The van der Waals surface area contributed by atoms with Gasteiger partial charge in [-0.25, -0.2) is 4.68 Å². The normalized spacial score (nSPS) is 33.0. The Morgan fingerprint density at radius 2 is 0.950 bits per heavy atom. The average Bonchev–Trinajstić information content (AvgIpc) is 0.994. The second-order valence-electron chi connectivity index (χ2n) is 37.7. The van der Waals surface area contributed by atoms with Crippen LogP contribution in [0.15, 0.2) is 106 Å². The average molecular weight is 1970 g/mol. The third-order valence-corrected chi connectivity index (χ3v) is 27.8. The summed E-state index contributed by atoms with van der Waals surface area (Å²) in [4.78, 5) is 84.7. The van der Waals surface area contributed by atoms with Crippen LogP contribution in [0.1, 0.15) is 223 Å². The minimum atomic E-state index is -2.90. The first-order valence-corrected chi connectivity index (χ1v) is 47.1. The van der Waals surface area contributed by atoms with Gasteiger partial charge in [-0.1, -0.05) is 84.6 Å². The first kappa shape index (κ1) is 112. The Balaban J connectivity index is 0.812. The number of aliphatic hydroxyl groups excluding tert-OH is 22. The Morgan fingerprint density at radius 3 is 1.42 bits per heavy atom. The second-order valence-corrected chi connectivity index (χ2v) is 37.7. The molecule has 0 radical (unpaired) electrons. The van der Waals surface area contributed by atoms with Crippen molar-refractivity contribution in [1.29, 1.82) is 0 Å². The monoisotopic (exact) mass is 1970 g/mol. The first-order chi connectivity index (χ1) is 65.8. The molecule has 1 aromatic heterocycles. The van der Waals surface area contributed by atoms with E-state index in [4.69, 9.17) is 38.9 Å². The summed E-state index contributed by atoms with van der Waals surface area (Å²) in [6.07, 6.45) is -24.1. The maximum atomic E-state index is 14.9. The van der Waals surface area contributed by atoms with Gasteiger partial charge in [-0.3, -0.25) is 34.1 Å². The van der Waals surface area contributed by atoms with E-state index in [9.17, 15) is 146 Å². The molecule has 2 aromatic carbocycles. The van der Waals surface area contributed by atoms with E-state index in [1.165, 1.54) is 17.2 Å². The smallest absolute Gasteiger partial charge is 0.246 e. The topological polar surface area (TPSA) is 749 Å². The van der Waals surface area contributed by atoms with Crippen LogP contribution in [0, 0.1) is 28.6 Å². The number of rotatable bonds is 30. The lowest BCUT2D eigenvalue weighted by atomic mass is 9.49. The number of anilines is 1. The molecular formula is C94H141N9O36. The molecule has 0 spiro atoms. The van der Waals surface area contributed by atoms with Crippen LogP contribution in [0.3, 0.4) is 0 Å². The third kappa shape index (κ3) is 27.4. The molecule has 3 aromatic rings. The summed E-state index contributed by atoms with van der Waals surface area (Å²) >= 11 is 0. The molecule has 139 heavy (non-hydrogen) atoms. The number of phenolic OH excluding ortho intramolecular Hbond substituents is 1. The van der Waals surface area contributed by atoms with E-state index in [-0.39, 0.29) is 59.9 Å². The number of carbonyl (C=O) groups is 6. The summed E-state index contributed by atoms with van der Waals surface area (Å²) in [7, 11) is 0. The van der Waals surface area contributed by atoms with Gasteiger partial charge in [-0.15, -0.1) is 5.10 Å². The molecule has 22 atom stereocenters. The van der Waals surface area contributed by atoms with Crippen molar-refractivity contribution in [3.8, 4) is 5.75 Å². The van der Waals surface area contributed by atoms with Gasteiger partial charge in [-0.2, -0.15) is 0 Å². The number of aliphatic hydroxyl groups is 22. The van der Waals surface area contributed by atoms with Crippen LogP contribution in [0.2, 0.25) is 0 Å². The molecular weight excluding hydrogens is 1830 g/mol. The molecule has 5 aliphatic carbocycles. The van der Waals surface area contributed by atoms with Crippen molar-refractivity contribution in [2.24, 2.45) is 34.3 Å². The highest BCUT2D eigenvalue weighted by atomic mass is 16.7. The minimum Gasteiger partial charge on any atom is -0.508 e. The molecule has 778 valence electrons. The van der Waals surface area contributed by atoms with Gasteiger partial charge in [0.2, 0.25) is 73.2 Å². The van der Waals surface area contributed by atoms with E-state index in [1.807, 2.05) is 44.2 Å². The summed E-state index contributed by atoms with van der Waals surface area (Å²) in [5.74, 6) is -20.2. The molecule has 45 nitrogen and oxygen atoms in total. The zero-order valence-electron chi connectivity index (χ0n) is 79.2. The molecule has 6 aliphatic rings. The largest absolute Gasteiger partial charge is 0.508 e. The molecule has 2 heterocycles. The molecule has 2 fully saturated rings. The molecule has 0 bridgehead atoms. The maximum absolute atomic E-state index is 14.9. The summed E-state index contributed by atoms with van der Waals surface area (Å²) in [6, 6.07) is 7.99. The Labute approximate surface area is 802 Å². The van der Waals surface area contributed by atoms with Gasteiger partial charge >= 0.3 is 0 Å². The van der Waals surface area contributed by atoms with Crippen molar-refractivity contribution in [2.75, 3.05) is 51.5 Å². The van der Waals surface area contributed by atoms with E-state index in [1.54, 1.807) is 19.9 Å². The summed E-state index contributed by atoms with van der Waals surface area (Å²) in [5.41, 5.74) is 9.28. The Kier molecular flexibility index (Phi) is 40.9. The summed E-state index contributed by atoms with van der Waals surface area (Å²) in [6.45, 7) is 7.76. The zero-order valence-corrected chi connectivity index (χ0v) is 79.2. The van der Waals surface area contributed by atoms with Crippen molar-refractivity contribution in [2.45, 2.75) is 319 Å². The number of imide groups is 1. The molecule has 0 saturated heterocycles. The van der Waals surface area contributed by atoms with E-state index in [0.717, 1.165) is 55.2 Å². The maximum Gasteiger partial charge on any atom is 0.246 e.